The van der Waals surface area contributed by atoms with Crippen molar-refractivity contribution < 1.29 is 38.0 Å². The van der Waals surface area contributed by atoms with E-state index in [1.54, 1.807) is 60.7 Å². The van der Waals surface area contributed by atoms with E-state index in [1.807, 2.05) is 30.3 Å². The van der Waals surface area contributed by atoms with Gasteiger partial charge in [-0.2, -0.15) is 0 Å². The standard InChI is InChI=1S/C28H26O8/c1-31-28-24(35-26(30)19-13-7-3-8-14-19)23(34-25(29)18-11-5-2-6-12-18)22-21(33-28)17-32-27(36-22)20-15-9-4-10-16-20/h2-16,21-24,27-28H,17H2,1H3/t21-,22-,23-,24-,27-,28-/m1/s1. The van der Waals surface area contributed by atoms with Crippen molar-refractivity contribution in [2.45, 2.75) is 37.0 Å². The lowest BCUT2D eigenvalue weighted by Crippen LogP contribution is -2.64. The summed E-state index contributed by atoms with van der Waals surface area (Å²) in [4.78, 5) is 26.1. The van der Waals surface area contributed by atoms with Gasteiger partial charge < -0.3 is 28.4 Å². The SMILES string of the molecule is CO[C@@H]1O[C@@H]2CO[C@@H](c3ccccc3)O[C@H]2[C@@H](OC(=O)c2ccccc2)[C@H]1OC(=O)c1ccccc1. The van der Waals surface area contributed by atoms with E-state index in [2.05, 4.69) is 0 Å². The highest BCUT2D eigenvalue weighted by molar-refractivity contribution is 5.90. The van der Waals surface area contributed by atoms with Gasteiger partial charge in [0, 0.05) is 12.7 Å². The van der Waals surface area contributed by atoms with Crippen LogP contribution in [0.2, 0.25) is 0 Å². The first kappa shape index (κ1) is 24.1. The number of carbonyl (C=O) groups is 2. The summed E-state index contributed by atoms with van der Waals surface area (Å²) >= 11 is 0. The minimum atomic E-state index is -1.09. The molecule has 5 rings (SSSR count). The van der Waals surface area contributed by atoms with E-state index in [-0.39, 0.29) is 6.61 Å². The molecule has 0 aliphatic carbocycles. The number of esters is 2. The Morgan fingerprint density at radius 3 is 1.81 bits per heavy atom. The molecule has 8 nitrogen and oxygen atoms in total. The van der Waals surface area contributed by atoms with Gasteiger partial charge >= 0.3 is 11.9 Å². The van der Waals surface area contributed by atoms with Crippen LogP contribution in [-0.2, 0) is 28.4 Å². The molecular weight excluding hydrogens is 464 g/mol. The fourth-order valence-electron chi connectivity index (χ4n) is 4.31. The third-order valence-electron chi connectivity index (χ3n) is 6.09. The third kappa shape index (κ3) is 5.17. The lowest BCUT2D eigenvalue weighted by atomic mass is 9.97. The third-order valence-corrected chi connectivity index (χ3v) is 6.09. The van der Waals surface area contributed by atoms with E-state index < -0.39 is 48.9 Å². The molecule has 2 saturated heterocycles. The maximum Gasteiger partial charge on any atom is 0.338 e. The van der Waals surface area contributed by atoms with Crippen LogP contribution in [0.3, 0.4) is 0 Å². The fraction of sp³-hybridized carbons (Fsp3) is 0.286. The molecule has 0 bridgehead atoms. The minimum absolute atomic E-state index is 0.169. The number of fused-ring (bicyclic) bond motifs is 1. The largest absolute Gasteiger partial charge is 0.452 e. The zero-order chi connectivity index (χ0) is 24.9. The quantitative estimate of drug-likeness (QED) is 0.481. The molecule has 2 aliphatic heterocycles. The van der Waals surface area contributed by atoms with E-state index in [4.69, 9.17) is 28.4 Å². The van der Waals surface area contributed by atoms with Gasteiger partial charge in [0.2, 0.25) is 0 Å². The molecule has 0 radical (unpaired) electrons. The summed E-state index contributed by atoms with van der Waals surface area (Å²) in [6, 6.07) is 26.5. The van der Waals surface area contributed by atoms with Gasteiger partial charge in [0.1, 0.15) is 12.2 Å². The normalized spacial score (nSPS) is 27.5. The predicted molar refractivity (Wildman–Crippen MR) is 127 cm³/mol. The molecule has 0 N–H and O–H groups in total. The predicted octanol–water partition coefficient (Wildman–Crippen LogP) is 3.92. The molecule has 2 aliphatic rings. The van der Waals surface area contributed by atoms with Crippen LogP contribution in [0, 0.1) is 0 Å². The van der Waals surface area contributed by atoms with Gasteiger partial charge in [0.15, 0.2) is 24.8 Å². The molecule has 2 heterocycles. The maximum atomic E-state index is 13.1. The second-order valence-electron chi connectivity index (χ2n) is 8.43. The smallest absolute Gasteiger partial charge is 0.338 e. The van der Waals surface area contributed by atoms with Gasteiger partial charge in [-0.1, -0.05) is 66.7 Å². The van der Waals surface area contributed by atoms with Crippen molar-refractivity contribution >= 4 is 11.9 Å². The van der Waals surface area contributed by atoms with Crippen LogP contribution in [0.5, 0.6) is 0 Å². The first-order valence-electron chi connectivity index (χ1n) is 11.7. The summed E-state index contributed by atoms with van der Waals surface area (Å²) < 4.78 is 35.5. The number of benzene rings is 3. The van der Waals surface area contributed by atoms with Gasteiger partial charge in [0.05, 0.1) is 17.7 Å². The highest BCUT2D eigenvalue weighted by Crippen LogP contribution is 2.37. The van der Waals surface area contributed by atoms with Crippen molar-refractivity contribution in [1.29, 1.82) is 0 Å². The average Bonchev–Trinajstić information content (AvgIpc) is 2.95. The van der Waals surface area contributed by atoms with Crippen molar-refractivity contribution in [1.82, 2.24) is 0 Å². The van der Waals surface area contributed by atoms with Crippen molar-refractivity contribution in [3.63, 3.8) is 0 Å². The first-order valence-corrected chi connectivity index (χ1v) is 11.7. The maximum absolute atomic E-state index is 13.1. The van der Waals surface area contributed by atoms with Gasteiger partial charge in [-0.3, -0.25) is 0 Å². The Morgan fingerprint density at radius 2 is 1.25 bits per heavy atom. The Kier molecular flexibility index (Phi) is 7.39. The van der Waals surface area contributed by atoms with Gasteiger partial charge in [-0.15, -0.1) is 0 Å². The molecule has 8 heteroatoms. The van der Waals surface area contributed by atoms with E-state index in [1.165, 1.54) is 7.11 Å². The summed E-state index contributed by atoms with van der Waals surface area (Å²) in [5.41, 5.74) is 1.50. The Bertz CT molecular complexity index is 1150. The van der Waals surface area contributed by atoms with Crippen LogP contribution < -0.4 is 0 Å². The number of hydrogen-bond acceptors (Lipinski definition) is 8. The summed E-state index contributed by atoms with van der Waals surface area (Å²) in [5, 5.41) is 0. The molecule has 36 heavy (non-hydrogen) atoms. The Labute approximate surface area is 208 Å². The van der Waals surface area contributed by atoms with E-state index in [0.29, 0.717) is 11.1 Å². The fourth-order valence-corrected chi connectivity index (χ4v) is 4.31. The van der Waals surface area contributed by atoms with Crippen LogP contribution in [-0.4, -0.2) is 56.4 Å². The number of hydrogen-bond donors (Lipinski definition) is 0. The molecule has 0 saturated carbocycles. The molecule has 3 aromatic rings. The van der Waals surface area contributed by atoms with Crippen LogP contribution in [0.4, 0.5) is 0 Å². The molecule has 3 aromatic carbocycles. The molecule has 0 unspecified atom stereocenters. The average molecular weight is 491 g/mol. The monoisotopic (exact) mass is 490 g/mol. The Hall–Kier alpha value is -3.56. The lowest BCUT2D eigenvalue weighted by Gasteiger charge is -2.47. The van der Waals surface area contributed by atoms with E-state index in [0.717, 1.165) is 5.56 Å². The molecular formula is C28H26O8. The highest BCUT2D eigenvalue weighted by atomic mass is 16.8. The number of methoxy groups -OCH3 is 1. The lowest BCUT2D eigenvalue weighted by molar-refractivity contribution is -0.356. The molecule has 0 aromatic heterocycles. The molecule has 2 fully saturated rings. The van der Waals surface area contributed by atoms with Crippen molar-refractivity contribution in [2.75, 3.05) is 13.7 Å². The van der Waals surface area contributed by atoms with Crippen molar-refractivity contribution in [3.8, 4) is 0 Å². The highest BCUT2D eigenvalue weighted by Gasteiger charge is 2.54. The second-order valence-corrected chi connectivity index (χ2v) is 8.43. The zero-order valence-electron chi connectivity index (χ0n) is 19.6. The van der Waals surface area contributed by atoms with Gasteiger partial charge in [-0.25, -0.2) is 9.59 Å². The first-order chi connectivity index (χ1) is 17.6. The van der Waals surface area contributed by atoms with Gasteiger partial charge in [0.25, 0.3) is 0 Å². The topological polar surface area (TPSA) is 89.5 Å². The molecule has 0 amide bonds. The van der Waals surface area contributed by atoms with Crippen LogP contribution in [0.25, 0.3) is 0 Å². The van der Waals surface area contributed by atoms with Crippen LogP contribution >= 0.6 is 0 Å². The minimum Gasteiger partial charge on any atom is -0.452 e. The zero-order valence-corrected chi connectivity index (χ0v) is 19.6. The number of carbonyl (C=O) groups excluding carboxylic acids is 2. The van der Waals surface area contributed by atoms with Crippen LogP contribution in [0.1, 0.15) is 32.6 Å². The number of ether oxygens (including phenoxy) is 6. The van der Waals surface area contributed by atoms with Gasteiger partial charge in [-0.05, 0) is 24.3 Å². The van der Waals surface area contributed by atoms with Crippen LogP contribution in [0.15, 0.2) is 91.0 Å². The Balaban J connectivity index is 1.46. The molecule has 6 atom stereocenters. The molecule has 0 spiro atoms. The summed E-state index contributed by atoms with van der Waals surface area (Å²) in [7, 11) is 1.43. The molecule has 186 valence electrons. The Morgan fingerprint density at radius 1 is 0.722 bits per heavy atom. The summed E-state index contributed by atoms with van der Waals surface area (Å²) in [5.74, 6) is -1.18. The second kappa shape index (κ2) is 11.0. The van der Waals surface area contributed by atoms with E-state index in [9.17, 15) is 9.59 Å². The van der Waals surface area contributed by atoms with E-state index >= 15 is 0 Å². The van der Waals surface area contributed by atoms with Crippen molar-refractivity contribution in [2.24, 2.45) is 0 Å². The summed E-state index contributed by atoms with van der Waals surface area (Å²) in [6.45, 7) is 0.169. The number of rotatable bonds is 6. The van der Waals surface area contributed by atoms with Crippen molar-refractivity contribution in [3.05, 3.63) is 108 Å². The summed E-state index contributed by atoms with van der Waals surface area (Å²) in [6.07, 6.45) is -5.23.